The van der Waals surface area contributed by atoms with E-state index < -0.39 is 11.8 Å². The minimum atomic E-state index is -1.21. The Morgan fingerprint density at radius 3 is 2.47 bits per heavy atom. The van der Waals surface area contributed by atoms with Crippen LogP contribution in [-0.4, -0.2) is 46.6 Å². The lowest BCUT2D eigenvalue weighted by atomic mass is 10.2. The van der Waals surface area contributed by atoms with Crippen molar-refractivity contribution in [2.45, 2.75) is 35.4 Å². The van der Waals surface area contributed by atoms with Crippen molar-refractivity contribution in [2.24, 2.45) is 5.16 Å². The maximum atomic E-state index is 11.9. The minimum Gasteiger partial charge on any atom is -0.461 e. The highest BCUT2D eigenvalue weighted by atomic mass is 79.9. The highest BCUT2D eigenvalue weighted by Gasteiger charge is 2.54. The second-order valence-electron chi connectivity index (χ2n) is 4.36. The first-order valence-electron chi connectivity index (χ1n) is 5.96. The van der Waals surface area contributed by atoms with Gasteiger partial charge in [0.25, 0.3) is 0 Å². The summed E-state index contributed by atoms with van der Waals surface area (Å²) in [6, 6.07) is 0. The lowest BCUT2D eigenvalue weighted by Crippen LogP contribution is -2.42. The van der Waals surface area contributed by atoms with E-state index in [1.165, 1.54) is 0 Å². The van der Waals surface area contributed by atoms with Crippen molar-refractivity contribution in [1.82, 2.24) is 0 Å². The van der Waals surface area contributed by atoms with Gasteiger partial charge < -0.3 is 19.0 Å². The molecule has 1 aliphatic heterocycles. The molecule has 0 N–H and O–H groups in total. The van der Waals surface area contributed by atoms with Gasteiger partial charge in [0.2, 0.25) is 11.5 Å². The number of nitrogens with zero attached hydrogens (tertiary/aromatic N) is 1. The number of halogens is 2. The molecule has 1 aliphatic carbocycles. The Kier molecular flexibility index (Phi) is 4.54. The molecule has 0 amide bonds. The van der Waals surface area contributed by atoms with Crippen LogP contribution in [0.4, 0.5) is 0 Å². The monoisotopic (exact) mass is 399 g/mol. The Morgan fingerprint density at radius 1 is 1.42 bits per heavy atom. The van der Waals surface area contributed by atoms with Gasteiger partial charge in [0.15, 0.2) is 6.10 Å². The zero-order valence-corrected chi connectivity index (χ0v) is 13.8. The number of oxime groups is 1. The molecule has 2 aliphatic rings. The third kappa shape index (κ3) is 3.48. The molecular weight excluding hydrogens is 386 g/mol. The van der Waals surface area contributed by atoms with E-state index in [1.807, 2.05) is 0 Å². The lowest BCUT2D eigenvalue weighted by molar-refractivity contribution is -0.141. The number of carbonyl (C=O) groups excluding carboxylic acids is 1. The van der Waals surface area contributed by atoms with Gasteiger partial charge in [0.05, 0.1) is 19.8 Å². The van der Waals surface area contributed by atoms with Crippen molar-refractivity contribution in [3.8, 4) is 0 Å². The molecule has 108 valence electrons. The zero-order valence-electron chi connectivity index (χ0n) is 10.7. The van der Waals surface area contributed by atoms with Crippen LogP contribution in [0.1, 0.15) is 20.3 Å². The molecule has 1 atom stereocenters. The number of hydrogen-bond acceptors (Lipinski definition) is 6. The smallest absolute Gasteiger partial charge is 0.361 e. The van der Waals surface area contributed by atoms with Gasteiger partial charge in [0, 0.05) is 6.42 Å². The Morgan fingerprint density at radius 2 is 2.00 bits per heavy atom. The van der Waals surface area contributed by atoms with E-state index in [0.717, 1.165) is 6.42 Å². The van der Waals surface area contributed by atoms with Crippen molar-refractivity contribution in [2.75, 3.05) is 19.8 Å². The number of alkyl halides is 2. The number of carbonyl (C=O) groups is 1. The first-order chi connectivity index (χ1) is 8.89. The quantitative estimate of drug-likeness (QED) is 0.305. The summed E-state index contributed by atoms with van der Waals surface area (Å²) in [6.07, 6.45) is 0.618. The fourth-order valence-corrected chi connectivity index (χ4v) is 2.33. The lowest BCUT2D eigenvalue weighted by Gasteiger charge is -2.22. The van der Waals surface area contributed by atoms with Crippen molar-refractivity contribution in [3.63, 3.8) is 0 Å². The predicted molar refractivity (Wildman–Crippen MR) is 74.5 cm³/mol. The van der Waals surface area contributed by atoms with E-state index in [0.29, 0.717) is 13.2 Å². The Bertz CT molecular complexity index is 393. The summed E-state index contributed by atoms with van der Waals surface area (Å²) >= 11 is 6.82. The van der Waals surface area contributed by atoms with Gasteiger partial charge in [-0.25, -0.2) is 4.79 Å². The first-order valence-corrected chi connectivity index (χ1v) is 7.55. The van der Waals surface area contributed by atoms with Crippen LogP contribution in [-0.2, 0) is 23.8 Å². The maximum absolute atomic E-state index is 11.9. The van der Waals surface area contributed by atoms with Gasteiger partial charge in [0.1, 0.15) is 3.23 Å². The van der Waals surface area contributed by atoms with Crippen LogP contribution >= 0.6 is 31.9 Å². The highest BCUT2D eigenvalue weighted by Crippen LogP contribution is 2.52. The Labute approximate surface area is 128 Å². The van der Waals surface area contributed by atoms with Crippen LogP contribution in [0.25, 0.3) is 0 Å². The molecular formula is C11H15Br2NO5. The third-order valence-corrected chi connectivity index (χ3v) is 4.45. The van der Waals surface area contributed by atoms with Gasteiger partial charge in [-0.3, -0.25) is 0 Å². The fraction of sp³-hybridized carbons (Fsp3) is 0.818. The summed E-state index contributed by atoms with van der Waals surface area (Å²) in [7, 11) is 0. The SMILES string of the molecule is CCOC(=O)/C(=N\OC1CC1(Br)Br)C1(C)OCCO1. The summed E-state index contributed by atoms with van der Waals surface area (Å²) in [6.45, 7) is 4.40. The van der Waals surface area contributed by atoms with E-state index in [1.54, 1.807) is 13.8 Å². The van der Waals surface area contributed by atoms with E-state index in [-0.39, 0.29) is 21.7 Å². The van der Waals surface area contributed by atoms with Crippen molar-refractivity contribution in [3.05, 3.63) is 0 Å². The van der Waals surface area contributed by atoms with Crippen LogP contribution in [0.5, 0.6) is 0 Å². The normalized spacial score (nSPS) is 28.0. The molecule has 0 aromatic heterocycles. The van der Waals surface area contributed by atoms with Crippen LogP contribution in [0.2, 0.25) is 0 Å². The molecule has 0 aromatic carbocycles. The maximum Gasteiger partial charge on any atom is 0.361 e. The van der Waals surface area contributed by atoms with E-state index in [9.17, 15) is 4.79 Å². The number of esters is 1. The van der Waals surface area contributed by atoms with Crippen molar-refractivity contribution in [1.29, 1.82) is 0 Å². The second kappa shape index (κ2) is 5.67. The summed E-state index contributed by atoms with van der Waals surface area (Å²) in [5.41, 5.74) is -0.00505. The molecule has 8 heteroatoms. The molecule has 0 radical (unpaired) electrons. The standard InChI is InChI=1S/C11H15Br2NO5/c1-3-16-9(15)8(10(2)17-4-5-18-10)14-19-7-6-11(7,12)13/h7H,3-6H2,1-2H3/b14-8+. The molecule has 0 aromatic rings. The van der Waals surface area contributed by atoms with Gasteiger partial charge in [-0.05, 0) is 13.8 Å². The molecule has 1 saturated heterocycles. The summed E-state index contributed by atoms with van der Waals surface area (Å²) in [5.74, 6) is -1.80. The molecule has 1 heterocycles. The minimum absolute atomic E-state index is 0.00505. The zero-order chi connectivity index (χ0) is 14.1. The van der Waals surface area contributed by atoms with Crippen molar-refractivity contribution < 1.29 is 23.8 Å². The van der Waals surface area contributed by atoms with Gasteiger partial charge in [-0.15, -0.1) is 0 Å². The predicted octanol–water partition coefficient (Wildman–Crippen LogP) is 1.94. The van der Waals surface area contributed by atoms with Gasteiger partial charge >= 0.3 is 5.97 Å². The average Bonchev–Trinajstić information content (AvgIpc) is 2.72. The molecule has 1 unspecified atom stereocenters. The second-order valence-corrected chi connectivity index (χ2v) is 8.26. The number of hydrogen-bond donors (Lipinski definition) is 0. The summed E-state index contributed by atoms with van der Waals surface area (Å²) in [5, 5.41) is 3.89. The average molecular weight is 401 g/mol. The fourth-order valence-electron chi connectivity index (χ4n) is 1.58. The molecule has 0 bridgehead atoms. The van der Waals surface area contributed by atoms with E-state index in [4.69, 9.17) is 19.0 Å². The Hall–Kier alpha value is -0.180. The molecule has 19 heavy (non-hydrogen) atoms. The molecule has 2 rings (SSSR count). The number of ether oxygens (including phenoxy) is 3. The van der Waals surface area contributed by atoms with E-state index >= 15 is 0 Å². The largest absolute Gasteiger partial charge is 0.461 e. The van der Waals surface area contributed by atoms with Crippen molar-refractivity contribution >= 4 is 43.5 Å². The molecule has 0 spiro atoms. The summed E-state index contributed by atoms with van der Waals surface area (Å²) in [4.78, 5) is 17.2. The highest BCUT2D eigenvalue weighted by molar-refractivity contribution is 9.25. The molecule has 2 fully saturated rings. The van der Waals surface area contributed by atoms with Crippen LogP contribution in [0, 0.1) is 0 Å². The topological polar surface area (TPSA) is 66.4 Å². The number of rotatable bonds is 5. The van der Waals surface area contributed by atoms with E-state index in [2.05, 4.69) is 37.0 Å². The van der Waals surface area contributed by atoms with Crippen LogP contribution < -0.4 is 0 Å². The third-order valence-electron chi connectivity index (χ3n) is 2.78. The van der Waals surface area contributed by atoms with Gasteiger partial charge in [-0.2, -0.15) is 0 Å². The van der Waals surface area contributed by atoms with Crippen LogP contribution in [0.15, 0.2) is 5.16 Å². The summed E-state index contributed by atoms with van der Waals surface area (Å²) < 4.78 is 15.5. The Balaban J connectivity index is 2.09. The molecule has 6 nitrogen and oxygen atoms in total. The van der Waals surface area contributed by atoms with Gasteiger partial charge in [-0.1, -0.05) is 37.0 Å². The van der Waals surface area contributed by atoms with Crippen LogP contribution in [0.3, 0.4) is 0 Å². The first kappa shape index (κ1) is 15.2. The molecule has 1 saturated carbocycles.